The quantitative estimate of drug-likeness (QED) is 0.564. The summed E-state index contributed by atoms with van der Waals surface area (Å²) in [6, 6.07) is -0.127. The van der Waals surface area contributed by atoms with Crippen LogP contribution in [0.1, 0.15) is 11.6 Å². The van der Waals surface area contributed by atoms with E-state index in [0.717, 1.165) is 0 Å². The van der Waals surface area contributed by atoms with Crippen LogP contribution in [0.5, 0.6) is 0 Å². The summed E-state index contributed by atoms with van der Waals surface area (Å²) in [4.78, 5) is 0. The second kappa shape index (κ2) is 3.74. The third-order valence-electron chi connectivity index (χ3n) is 1.62. The van der Waals surface area contributed by atoms with Gasteiger partial charge in [-0.2, -0.15) is 0 Å². The van der Waals surface area contributed by atoms with Crippen molar-refractivity contribution in [3.05, 3.63) is 35.1 Å². The molecular weight excluding hydrogens is 186 g/mol. The van der Waals surface area contributed by atoms with Gasteiger partial charge in [0.05, 0.1) is 6.04 Å². The van der Waals surface area contributed by atoms with Gasteiger partial charge in [0.1, 0.15) is 12.5 Å². The smallest absolute Gasteiger partial charge is 0.166 e. The molecule has 0 bridgehead atoms. The molecule has 0 heterocycles. The van der Waals surface area contributed by atoms with Gasteiger partial charge in [0.15, 0.2) is 11.6 Å². The summed E-state index contributed by atoms with van der Waals surface area (Å²) in [7, 11) is 0. The first-order valence-corrected chi connectivity index (χ1v) is 3.53. The van der Waals surface area contributed by atoms with Crippen molar-refractivity contribution in [1.29, 1.82) is 0 Å². The van der Waals surface area contributed by atoms with Gasteiger partial charge in [-0.1, -0.05) is 0 Å². The molecule has 0 aliphatic carbocycles. The van der Waals surface area contributed by atoms with Crippen LogP contribution >= 0.6 is 0 Å². The molecule has 0 aliphatic rings. The van der Waals surface area contributed by atoms with Crippen molar-refractivity contribution in [3.8, 4) is 0 Å². The lowest BCUT2D eigenvalue weighted by Gasteiger charge is -2.09. The van der Waals surface area contributed by atoms with Gasteiger partial charge in [-0.3, -0.25) is 0 Å². The summed E-state index contributed by atoms with van der Waals surface area (Å²) in [6.07, 6.45) is 0. The van der Waals surface area contributed by atoms with Gasteiger partial charge < -0.3 is 5.73 Å². The van der Waals surface area contributed by atoms with Gasteiger partial charge in [0.25, 0.3) is 0 Å². The molecule has 0 saturated heterocycles. The van der Waals surface area contributed by atoms with Crippen molar-refractivity contribution < 1.29 is 17.6 Å². The number of nitrogens with two attached hydrogens (primary N) is 1. The van der Waals surface area contributed by atoms with Crippen molar-refractivity contribution in [3.63, 3.8) is 0 Å². The zero-order valence-corrected chi connectivity index (χ0v) is 6.53. The lowest BCUT2D eigenvalue weighted by Crippen LogP contribution is -2.16. The zero-order valence-electron chi connectivity index (χ0n) is 6.53. The topological polar surface area (TPSA) is 26.0 Å². The minimum absolute atomic E-state index is 0.624. The highest BCUT2D eigenvalue weighted by Gasteiger charge is 2.19. The minimum Gasteiger partial charge on any atom is -0.322 e. The lowest BCUT2D eigenvalue weighted by molar-refractivity contribution is 0.402. The second-order valence-corrected chi connectivity index (χ2v) is 2.52. The van der Waals surface area contributed by atoms with Crippen LogP contribution in [0.3, 0.4) is 0 Å². The number of alkyl halides is 1. The standard InChI is InChI=1S/C8H7F4N/c9-3-6(13)7-4(10)1-2-5(11)8(7)12/h1-2,6H,3,13H2/t6-/m0/s1. The Morgan fingerprint density at radius 3 is 2.23 bits per heavy atom. The van der Waals surface area contributed by atoms with Crippen molar-refractivity contribution in [2.24, 2.45) is 5.73 Å². The van der Waals surface area contributed by atoms with Crippen LogP contribution < -0.4 is 5.73 Å². The van der Waals surface area contributed by atoms with E-state index in [1.54, 1.807) is 0 Å². The number of hydrogen-bond acceptors (Lipinski definition) is 1. The summed E-state index contributed by atoms with van der Waals surface area (Å²) in [6.45, 7) is -1.14. The van der Waals surface area contributed by atoms with E-state index in [9.17, 15) is 17.6 Å². The van der Waals surface area contributed by atoms with Crippen LogP contribution in [0.25, 0.3) is 0 Å². The number of halogens is 4. The van der Waals surface area contributed by atoms with E-state index < -0.39 is 35.7 Å². The van der Waals surface area contributed by atoms with Crippen molar-refractivity contribution in [2.75, 3.05) is 6.67 Å². The molecule has 0 unspecified atom stereocenters. The monoisotopic (exact) mass is 193 g/mol. The molecule has 0 saturated carbocycles. The normalized spacial score (nSPS) is 13.0. The molecule has 13 heavy (non-hydrogen) atoms. The van der Waals surface area contributed by atoms with E-state index in [4.69, 9.17) is 5.73 Å². The molecule has 1 aromatic rings. The first kappa shape index (κ1) is 9.98. The Hall–Kier alpha value is -1.10. The minimum atomic E-state index is -1.46. The first-order valence-electron chi connectivity index (χ1n) is 3.53. The third kappa shape index (κ3) is 1.80. The fraction of sp³-hybridized carbons (Fsp3) is 0.250. The van der Waals surface area contributed by atoms with E-state index in [-0.39, 0.29) is 0 Å². The number of hydrogen-bond donors (Lipinski definition) is 1. The molecule has 0 aromatic heterocycles. The molecule has 1 rings (SSSR count). The van der Waals surface area contributed by atoms with Crippen molar-refractivity contribution >= 4 is 0 Å². The van der Waals surface area contributed by atoms with Crippen LogP contribution in [-0.2, 0) is 0 Å². The predicted octanol–water partition coefficient (Wildman–Crippen LogP) is 2.07. The van der Waals surface area contributed by atoms with Gasteiger partial charge in [-0.05, 0) is 12.1 Å². The van der Waals surface area contributed by atoms with E-state index in [0.29, 0.717) is 12.1 Å². The molecule has 0 spiro atoms. The number of rotatable bonds is 2. The fourth-order valence-electron chi connectivity index (χ4n) is 0.960. The maximum absolute atomic E-state index is 12.8. The highest BCUT2D eigenvalue weighted by atomic mass is 19.2. The highest BCUT2D eigenvalue weighted by molar-refractivity contribution is 5.24. The molecule has 2 N–H and O–H groups in total. The van der Waals surface area contributed by atoms with Crippen molar-refractivity contribution in [1.82, 2.24) is 0 Å². The Balaban J connectivity index is 3.25. The molecule has 72 valence electrons. The predicted molar refractivity (Wildman–Crippen MR) is 39.2 cm³/mol. The molecule has 5 heteroatoms. The molecule has 1 aromatic carbocycles. The van der Waals surface area contributed by atoms with E-state index in [1.165, 1.54) is 0 Å². The Labute approximate surface area is 72.2 Å². The Morgan fingerprint density at radius 2 is 1.69 bits per heavy atom. The maximum atomic E-state index is 12.8. The van der Waals surface area contributed by atoms with Crippen LogP contribution in [0.4, 0.5) is 17.6 Å². The molecule has 1 atom stereocenters. The fourth-order valence-corrected chi connectivity index (χ4v) is 0.960. The Morgan fingerprint density at radius 1 is 1.15 bits per heavy atom. The van der Waals surface area contributed by atoms with E-state index in [1.807, 2.05) is 0 Å². The van der Waals surface area contributed by atoms with Crippen LogP contribution in [0.2, 0.25) is 0 Å². The van der Waals surface area contributed by atoms with E-state index in [2.05, 4.69) is 0 Å². The summed E-state index contributed by atoms with van der Waals surface area (Å²) >= 11 is 0. The molecule has 0 amide bonds. The van der Waals surface area contributed by atoms with Gasteiger partial charge >= 0.3 is 0 Å². The van der Waals surface area contributed by atoms with Crippen LogP contribution in [0.15, 0.2) is 12.1 Å². The summed E-state index contributed by atoms with van der Waals surface area (Å²) < 4.78 is 50.2. The average Bonchev–Trinajstić information content (AvgIpc) is 2.12. The van der Waals surface area contributed by atoms with Gasteiger partial charge in [-0.15, -0.1) is 0 Å². The molecule has 0 fully saturated rings. The SMILES string of the molecule is N[C@@H](CF)c1c(F)ccc(F)c1F. The number of benzene rings is 1. The Bertz CT molecular complexity index is 313. The molecule has 0 radical (unpaired) electrons. The third-order valence-corrected chi connectivity index (χ3v) is 1.62. The Kier molecular flexibility index (Phi) is 2.87. The van der Waals surface area contributed by atoms with Gasteiger partial charge in [0.2, 0.25) is 0 Å². The van der Waals surface area contributed by atoms with Crippen LogP contribution in [-0.4, -0.2) is 6.67 Å². The molecule has 0 aliphatic heterocycles. The van der Waals surface area contributed by atoms with Gasteiger partial charge in [-0.25, -0.2) is 17.6 Å². The first-order chi connectivity index (χ1) is 6.07. The summed E-state index contributed by atoms with van der Waals surface area (Å²) in [5, 5.41) is 0. The maximum Gasteiger partial charge on any atom is 0.166 e. The summed E-state index contributed by atoms with van der Waals surface area (Å²) in [5.74, 6) is -3.70. The second-order valence-electron chi connectivity index (χ2n) is 2.52. The van der Waals surface area contributed by atoms with Crippen molar-refractivity contribution in [2.45, 2.75) is 6.04 Å². The van der Waals surface area contributed by atoms with Crippen LogP contribution in [0, 0.1) is 17.5 Å². The molecule has 1 nitrogen and oxygen atoms in total. The zero-order chi connectivity index (χ0) is 10.0. The lowest BCUT2D eigenvalue weighted by atomic mass is 10.1. The summed E-state index contributed by atoms with van der Waals surface area (Å²) in [5.41, 5.74) is 4.30. The van der Waals surface area contributed by atoms with E-state index >= 15 is 0 Å². The van der Waals surface area contributed by atoms with Gasteiger partial charge in [0, 0.05) is 5.56 Å². The largest absolute Gasteiger partial charge is 0.322 e. The highest BCUT2D eigenvalue weighted by Crippen LogP contribution is 2.21. The molecular formula is C8H7F4N. The average molecular weight is 193 g/mol.